The van der Waals surface area contributed by atoms with E-state index < -0.39 is 53.1 Å². The topological polar surface area (TPSA) is 131 Å². The lowest BCUT2D eigenvalue weighted by Crippen LogP contribution is -2.76. The summed E-state index contributed by atoms with van der Waals surface area (Å²) < 4.78 is 0. The fraction of sp³-hybridized carbons (Fsp3) is 0.655. The lowest BCUT2D eigenvalue weighted by atomic mass is 9.88. The number of amides is 5. The van der Waals surface area contributed by atoms with Crippen LogP contribution in [0.3, 0.4) is 0 Å². The highest BCUT2D eigenvalue weighted by Gasteiger charge is 2.54. The maximum atomic E-state index is 14.4. The predicted octanol–water partition coefficient (Wildman–Crippen LogP) is 3.04. The van der Waals surface area contributed by atoms with Gasteiger partial charge in [0.2, 0.25) is 17.4 Å². The number of hydrogen-bond donors (Lipinski definition) is 4. The molecule has 2 atom stereocenters. The highest BCUT2D eigenvalue weighted by molar-refractivity contribution is 6.00. The molecule has 0 aromatic heterocycles. The SMILES string of the molecule is CC(C)CCN(C(=O)NC(C)(C)C)C1(C(O)CCc2ccccc2)NC(=O)NCC(=O)N(C(C)(C)C)CC1=O. The van der Waals surface area contributed by atoms with Crippen molar-refractivity contribution in [2.24, 2.45) is 5.92 Å². The minimum Gasteiger partial charge on any atom is -0.388 e. The molecule has 2 unspecified atom stereocenters. The highest BCUT2D eigenvalue weighted by atomic mass is 16.3. The Morgan fingerprint density at radius 1 is 1.08 bits per heavy atom. The molecule has 0 bridgehead atoms. The molecule has 39 heavy (non-hydrogen) atoms. The molecule has 0 saturated carbocycles. The summed E-state index contributed by atoms with van der Waals surface area (Å²) in [4.78, 5) is 57.0. The fourth-order valence-electron chi connectivity index (χ4n) is 4.54. The fourth-order valence-corrected chi connectivity index (χ4v) is 4.54. The third-order valence-electron chi connectivity index (χ3n) is 6.66. The zero-order valence-corrected chi connectivity index (χ0v) is 24.8. The zero-order valence-electron chi connectivity index (χ0n) is 24.8. The quantitative estimate of drug-likeness (QED) is 0.399. The van der Waals surface area contributed by atoms with Crippen molar-refractivity contribution in [1.29, 1.82) is 0 Å². The molecule has 0 radical (unpaired) electrons. The first-order valence-corrected chi connectivity index (χ1v) is 13.7. The van der Waals surface area contributed by atoms with E-state index in [1.807, 2.05) is 65.0 Å². The molecule has 1 aromatic rings. The van der Waals surface area contributed by atoms with Crippen molar-refractivity contribution in [3.05, 3.63) is 35.9 Å². The molecule has 1 heterocycles. The van der Waals surface area contributed by atoms with Crippen molar-refractivity contribution in [1.82, 2.24) is 25.8 Å². The first-order valence-electron chi connectivity index (χ1n) is 13.7. The van der Waals surface area contributed by atoms with Crippen LogP contribution in [0.2, 0.25) is 0 Å². The monoisotopic (exact) mass is 545 g/mol. The van der Waals surface area contributed by atoms with E-state index >= 15 is 0 Å². The van der Waals surface area contributed by atoms with Crippen molar-refractivity contribution in [2.45, 2.75) is 97.5 Å². The Labute approximate surface area is 232 Å². The normalized spacial score (nSPS) is 19.9. The maximum absolute atomic E-state index is 14.4. The van der Waals surface area contributed by atoms with Gasteiger partial charge in [0.25, 0.3) is 0 Å². The Bertz CT molecular complexity index is 1020. The average molecular weight is 546 g/mol. The molecule has 0 spiro atoms. The van der Waals surface area contributed by atoms with Crippen LogP contribution < -0.4 is 16.0 Å². The highest BCUT2D eigenvalue weighted by Crippen LogP contribution is 2.28. The lowest BCUT2D eigenvalue weighted by molar-refractivity contribution is -0.148. The van der Waals surface area contributed by atoms with Gasteiger partial charge in [0, 0.05) is 17.6 Å². The Morgan fingerprint density at radius 3 is 2.23 bits per heavy atom. The van der Waals surface area contributed by atoms with Crippen molar-refractivity contribution in [3.8, 4) is 0 Å². The molecule has 1 aromatic carbocycles. The smallest absolute Gasteiger partial charge is 0.320 e. The predicted molar refractivity (Wildman–Crippen MR) is 151 cm³/mol. The van der Waals surface area contributed by atoms with Crippen molar-refractivity contribution in [2.75, 3.05) is 19.6 Å². The van der Waals surface area contributed by atoms with Crippen LogP contribution in [0.15, 0.2) is 30.3 Å². The van der Waals surface area contributed by atoms with Gasteiger partial charge >= 0.3 is 12.1 Å². The maximum Gasteiger partial charge on any atom is 0.320 e. The Morgan fingerprint density at radius 2 is 1.69 bits per heavy atom. The van der Waals surface area contributed by atoms with Crippen molar-refractivity contribution >= 4 is 23.8 Å². The van der Waals surface area contributed by atoms with E-state index in [-0.39, 0.29) is 25.4 Å². The summed E-state index contributed by atoms with van der Waals surface area (Å²) in [7, 11) is 0. The second kappa shape index (κ2) is 12.8. The first-order chi connectivity index (χ1) is 18.0. The molecule has 1 aliphatic heterocycles. The van der Waals surface area contributed by atoms with Crippen molar-refractivity contribution in [3.63, 3.8) is 0 Å². The van der Waals surface area contributed by atoms with Crippen LogP contribution in [0, 0.1) is 5.92 Å². The van der Waals surface area contributed by atoms with Crippen LogP contribution in [0.1, 0.15) is 73.8 Å². The van der Waals surface area contributed by atoms with Crippen LogP contribution in [-0.4, -0.2) is 81.1 Å². The molecule has 1 fully saturated rings. The van der Waals surface area contributed by atoms with Crippen LogP contribution in [0.5, 0.6) is 0 Å². The summed E-state index contributed by atoms with van der Waals surface area (Å²) in [6.45, 7) is 14.2. The molecule has 2 rings (SSSR count). The van der Waals surface area contributed by atoms with Gasteiger partial charge in [0.05, 0.1) is 13.1 Å². The van der Waals surface area contributed by atoms with Gasteiger partial charge in [-0.2, -0.15) is 0 Å². The number of nitrogens with zero attached hydrogens (tertiary/aromatic N) is 2. The summed E-state index contributed by atoms with van der Waals surface area (Å²) >= 11 is 0. The number of aliphatic hydroxyl groups is 1. The number of aliphatic hydroxyl groups excluding tert-OH is 1. The van der Waals surface area contributed by atoms with E-state index in [9.17, 15) is 24.3 Å². The second-order valence-corrected chi connectivity index (χ2v) is 12.7. The summed E-state index contributed by atoms with van der Waals surface area (Å²) in [6.07, 6.45) is -0.464. The number of hydrogen-bond acceptors (Lipinski definition) is 5. The first kappa shape index (κ1) is 32.1. The summed E-state index contributed by atoms with van der Waals surface area (Å²) in [5.74, 6) is -0.911. The third-order valence-corrected chi connectivity index (χ3v) is 6.66. The zero-order chi connectivity index (χ0) is 29.6. The van der Waals surface area contributed by atoms with E-state index in [4.69, 9.17) is 0 Å². The summed E-state index contributed by atoms with van der Waals surface area (Å²) in [5, 5.41) is 19.9. The molecule has 5 amide bonds. The summed E-state index contributed by atoms with van der Waals surface area (Å²) in [5.41, 5.74) is -2.59. The number of Topliss-reactive ketones (excluding diaryl/α,β-unsaturated/α-hetero) is 1. The molecule has 218 valence electrons. The minimum absolute atomic E-state index is 0.0838. The van der Waals surface area contributed by atoms with Gasteiger partial charge < -0.3 is 26.0 Å². The molecule has 10 nitrogen and oxygen atoms in total. The number of benzene rings is 1. The van der Waals surface area contributed by atoms with E-state index in [1.54, 1.807) is 20.8 Å². The van der Waals surface area contributed by atoms with Gasteiger partial charge in [-0.15, -0.1) is 0 Å². The minimum atomic E-state index is -2.13. The number of aryl methyl sites for hydroxylation is 1. The standard InChI is InChI=1S/C29H47N5O5/c1-20(2)16-17-33(26(39)32-27(3,4)5)29(22(35)15-14-21-12-10-9-11-13-21)23(36)19-34(28(6,7)8)24(37)18-30-25(38)31-29/h9-13,20,22,35H,14-19H2,1-8H3,(H,32,39)(H2,30,31,38). The van der Waals surface area contributed by atoms with Crippen molar-refractivity contribution < 1.29 is 24.3 Å². The lowest BCUT2D eigenvalue weighted by Gasteiger charge is -2.47. The Kier molecular flexibility index (Phi) is 10.5. The molecule has 1 aliphatic rings. The van der Waals surface area contributed by atoms with Gasteiger partial charge in [0.1, 0.15) is 6.10 Å². The van der Waals surface area contributed by atoms with Crippen LogP contribution in [0.4, 0.5) is 9.59 Å². The van der Waals surface area contributed by atoms with E-state index in [0.717, 1.165) is 5.56 Å². The average Bonchev–Trinajstić information content (AvgIpc) is 2.86. The third kappa shape index (κ3) is 8.68. The van der Waals surface area contributed by atoms with E-state index in [1.165, 1.54) is 9.80 Å². The van der Waals surface area contributed by atoms with Gasteiger partial charge in [-0.3, -0.25) is 14.5 Å². The van der Waals surface area contributed by atoms with Crippen LogP contribution in [-0.2, 0) is 16.0 Å². The number of urea groups is 2. The van der Waals surface area contributed by atoms with Crippen LogP contribution >= 0.6 is 0 Å². The van der Waals surface area contributed by atoms with Crippen LogP contribution in [0.25, 0.3) is 0 Å². The number of carbonyl (C=O) groups is 4. The molecular weight excluding hydrogens is 498 g/mol. The Hall–Kier alpha value is -3.14. The largest absolute Gasteiger partial charge is 0.388 e. The van der Waals surface area contributed by atoms with E-state index in [0.29, 0.717) is 12.8 Å². The molecule has 0 aliphatic carbocycles. The van der Waals surface area contributed by atoms with Gasteiger partial charge in [0.15, 0.2) is 0 Å². The van der Waals surface area contributed by atoms with Gasteiger partial charge in [-0.25, -0.2) is 9.59 Å². The molecular formula is C29H47N5O5. The Balaban J connectivity index is 2.70. The number of nitrogens with one attached hydrogen (secondary N) is 3. The van der Waals surface area contributed by atoms with Gasteiger partial charge in [-0.1, -0.05) is 44.2 Å². The van der Waals surface area contributed by atoms with Gasteiger partial charge in [-0.05, 0) is 72.3 Å². The molecule has 4 N–H and O–H groups in total. The summed E-state index contributed by atoms with van der Waals surface area (Å²) in [6, 6.07) is 8.06. The number of carbonyl (C=O) groups excluding carboxylic acids is 4. The number of ketones is 1. The molecule has 10 heteroatoms. The van der Waals surface area contributed by atoms with E-state index in [2.05, 4.69) is 16.0 Å². The molecule has 1 saturated heterocycles. The number of rotatable bonds is 8. The second-order valence-electron chi connectivity index (χ2n) is 12.7.